The Morgan fingerprint density at radius 1 is 0.523 bits per heavy atom. The Balaban J connectivity index is 0.000000195. The van der Waals surface area contributed by atoms with Gasteiger partial charge in [-0.2, -0.15) is 5.10 Å². The van der Waals surface area contributed by atoms with Crippen molar-refractivity contribution in [2.45, 2.75) is 207 Å². The maximum Gasteiger partial charge on any atom is 0.358 e. The number of para-hydroxylation sites is 2. The van der Waals surface area contributed by atoms with E-state index in [1.54, 1.807) is 0 Å². The molecule has 2 aliphatic carbocycles. The van der Waals surface area contributed by atoms with Crippen molar-refractivity contribution < 1.29 is 52.5 Å². The van der Waals surface area contributed by atoms with Gasteiger partial charge in [0.25, 0.3) is 11.8 Å². The van der Waals surface area contributed by atoms with Crippen LogP contribution in [0.25, 0.3) is 53.6 Å². The Labute approximate surface area is 767 Å². The summed E-state index contributed by atoms with van der Waals surface area (Å²) in [5.74, 6) is 1.87. The van der Waals surface area contributed by atoms with Gasteiger partial charge in [0.2, 0.25) is 11.8 Å². The van der Waals surface area contributed by atoms with Crippen LogP contribution in [0.4, 0.5) is 27.6 Å². The highest BCUT2D eigenvalue weighted by molar-refractivity contribution is 7.22. The molecule has 2 saturated carbocycles. The van der Waals surface area contributed by atoms with Crippen molar-refractivity contribution in [1.29, 1.82) is 0 Å². The third-order valence-electron chi connectivity index (χ3n) is 26.2. The van der Waals surface area contributed by atoms with Gasteiger partial charge in [0.15, 0.2) is 21.7 Å². The SMILES string of the molecule is Cc1c(OC2CCC(CCC=O)CC2)cccc1-c1ccc(N2CCc3cccc(C(=O)Nc4nc5ccccc5s4)c3C2)nc1C(=O)OC(C)(C)C.Cc1cc2c(C3CCC(=O)NC3=O)nn(C)c2cc1N1CCN(CCCC2CCC(Oc3cccc(-c4ccc(N5CCc6cccc(C(=O)Nc7nc8ccccc8s7)c6C5)nc4C(=O)OC(C)(C)C)c3C)CC2)CC1. The molecular formula is C104H115N13O11S2. The second-order valence-electron chi connectivity index (χ2n) is 37.5. The number of esters is 2. The number of imide groups is 1. The van der Waals surface area contributed by atoms with E-state index in [9.17, 15) is 33.6 Å². The molecule has 5 aromatic heterocycles. The van der Waals surface area contributed by atoms with Gasteiger partial charge in [0.1, 0.15) is 40.6 Å². The number of fused-ring (bicyclic) bond motifs is 5. The summed E-state index contributed by atoms with van der Waals surface area (Å²) in [6, 6.07) is 51.7. The number of anilines is 5. The molecule has 6 aliphatic rings. The molecule has 674 valence electrons. The normalized spacial score (nSPS) is 18.5. The maximum absolute atomic E-state index is 14.1. The van der Waals surface area contributed by atoms with Crippen LogP contribution in [0.1, 0.15) is 224 Å². The number of aromatic nitrogens is 6. The Bertz CT molecular complexity index is 6210. The first-order valence-corrected chi connectivity index (χ1v) is 47.6. The van der Waals surface area contributed by atoms with Gasteiger partial charge in [0, 0.05) is 106 Å². The lowest BCUT2D eigenvalue weighted by Gasteiger charge is -2.37. The molecule has 2 saturated heterocycles. The van der Waals surface area contributed by atoms with Crippen LogP contribution >= 0.6 is 22.7 Å². The zero-order valence-corrected chi connectivity index (χ0v) is 77.6. The van der Waals surface area contributed by atoms with E-state index in [0.29, 0.717) is 108 Å². The van der Waals surface area contributed by atoms with E-state index in [-0.39, 0.29) is 47.2 Å². The third-order valence-corrected chi connectivity index (χ3v) is 28.1. The zero-order chi connectivity index (χ0) is 90.6. The molecule has 12 aromatic rings. The topological polar surface area (TPSA) is 275 Å². The number of hydrogen-bond donors (Lipinski definition) is 3. The Kier molecular flexibility index (Phi) is 26.8. The first-order chi connectivity index (χ1) is 62.7. The molecule has 1 atom stereocenters. The molecule has 18 rings (SSSR count). The van der Waals surface area contributed by atoms with Gasteiger partial charge >= 0.3 is 11.9 Å². The number of rotatable bonds is 23. The van der Waals surface area contributed by atoms with Crippen LogP contribution in [-0.4, -0.2) is 146 Å². The van der Waals surface area contributed by atoms with Crippen molar-refractivity contribution in [3.05, 3.63) is 225 Å². The monoisotopic (exact) mass is 1790 g/mol. The van der Waals surface area contributed by atoms with Crippen LogP contribution in [0.15, 0.2) is 158 Å². The minimum absolute atomic E-state index is 0.109. The van der Waals surface area contributed by atoms with Gasteiger partial charge in [-0.05, 0) is 306 Å². The van der Waals surface area contributed by atoms with Crippen molar-refractivity contribution >= 4 is 123 Å². The number of carbonyl (C=O) groups excluding carboxylic acids is 7. The van der Waals surface area contributed by atoms with Gasteiger partial charge in [-0.25, -0.2) is 29.5 Å². The van der Waals surface area contributed by atoms with Crippen molar-refractivity contribution in [2.24, 2.45) is 18.9 Å². The van der Waals surface area contributed by atoms with E-state index in [1.807, 2.05) is 194 Å². The van der Waals surface area contributed by atoms with Crippen molar-refractivity contribution in [3.63, 3.8) is 0 Å². The summed E-state index contributed by atoms with van der Waals surface area (Å²) in [4.78, 5) is 120. The molecule has 9 heterocycles. The van der Waals surface area contributed by atoms with Crippen molar-refractivity contribution in [1.82, 2.24) is 39.9 Å². The lowest BCUT2D eigenvalue weighted by molar-refractivity contribution is -0.134. The fourth-order valence-electron chi connectivity index (χ4n) is 19.4. The first-order valence-electron chi connectivity index (χ1n) is 46.0. The number of nitrogens with zero attached hydrogens (tertiary/aromatic N) is 10. The number of hydrogen-bond acceptors (Lipinski definition) is 22. The molecule has 26 heteroatoms. The van der Waals surface area contributed by atoms with Gasteiger partial charge in [-0.3, -0.25) is 44.7 Å². The number of pyridine rings is 2. The highest BCUT2D eigenvalue weighted by atomic mass is 32.1. The van der Waals surface area contributed by atoms with E-state index in [1.165, 1.54) is 46.8 Å². The number of piperazine rings is 1. The number of aryl methyl sites for hydroxylation is 2. The molecular weight excluding hydrogens is 1670 g/mol. The third kappa shape index (κ3) is 20.5. The molecule has 4 amide bonds. The summed E-state index contributed by atoms with van der Waals surface area (Å²) < 4.78 is 29.2. The number of piperidine rings is 1. The summed E-state index contributed by atoms with van der Waals surface area (Å²) in [5.41, 5.74) is 15.2. The Hall–Kier alpha value is -12.3. The second kappa shape index (κ2) is 38.8. The van der Waals surface area contributed by atoms with E-state index >= 15 is 0 Å². The number of aldehydes is 1. The Morgan fingerprint density at radius 2 is 1.02 bits per heavy atom. The predicted octanol–water partition coefficient (Wildman–Crippen LogP) is 20.0. The summed E-state index contributed by atoms with van der Waals surface area (Å²) in [6.45, 7) is 24.7. The molecule has 4 aliphatic heterocycles. The van der Waals surface area contributed by atoms with E-state index < -0.39 is 29.1 Å². The molecule has 0 bridgehead atoms. The van der Waals surface area contributed by atoms with E-state index in [0.717, 1.165) is 196 Å². The molecule has 0 radical (unpaired) electrons. The number of amides is 4. The molecule has 1 unspecified atom stereocenters. The second-order valence-corrected chi connectivity index (χ2v) is 39.6. The average Bonchev–Trinajstić information content (AvgIpc) is 1.34. The number of nitrogens with one attached hydrogen (secondary N) is 3. The van der Waals surface area contributed by atoms with Gasteiger partial charge < -0.3 is 38.4 Å². The highest BCUT2D eigenvalue weighted by Crippen LogP contribution is 2.43. The van der Waals surface area contributed by atoms with Crippen LogP contribution in [0.2, 0.25) is 0 Å². The fraction of sp³-hybridized carbons (Fsp3) is 0.404. The summed E-state index contributed by atoms with van der Waals surface area (Å²) in [5, 5.41) is 15.4. The first kappa shape index (κ1) is 89.7. The fourth-order valence-corrected chi connectivity index (χ4v) is 21.1. The van der Waals surface area contributed by atoms with Crippen LogP contribution < -0.4 is 40.1 Å². The van der Waals surface area contributed by atoms with Gasteiger partial charge in [-0.1, -0.05) is 95.5 Å². The lowest BCUT2D eigenvalue weighted by Crippen LogP contribution is -2.46. The summed E-state index contributed by atoms with van der Waals surface area (Å²) >= 11 is 2.90. The van der Waals surface area contributed by atoms with Crippen LogP contribution in [0.5, 0.6) is 11.5 Å². The minimum Gasteiger partial charge on any atom is -0.490 e. The molecule has 0 spiro atoms. The predicted molar refractivity (Wildman–Crippen MR) is 513 cm³/mol. The molecule has 24 nitrogen and oxygen atoms in total. The van der Waals surface area contributed by atoms with Gasteiger partial charge in [0.05, 0.1) is 49.8 Å². The van der Waals surface area contributed by atoms with E-state index in [2.05, 4.69) is 83.6 Å². The average molecular weight is 1790 g/mol. The standard InChI is InChI=1S/C61H69N9O6S.C43H46N4O5S/c1-37-34-46-50(67(6)66-55(46)45-24-26-54(71)64-58(45)73)35-49(37)69-32-30-68(31-33-69)28-11-12-39-19-21-41(22-20-39)75-51-17-10-14-42(38(51)2)43-23-25-53(63-56(43)59(74)76-61(3,4)5)70-29-27-40-13-9-15-44(47(40)36-70)57(72)65-60-62-48-16-7-8-18-52(48)77-60;1-27-31(12-8-15-36(27)51-30-19-17-28(18-20-30)10-9-25-48)32-21-22-38(45-39(32)41(50)52-43(2,3)4)47-24-23-29-11-7-13-33(34(29)26-47)40(49)46-42-44-35-14-5-6-16-37(35)53-42/h7-10,13-18,23,25,34-35,39,41,45H,11-12,19-22,24,26-33,36H2,1-6H3,(H,62,65,72)(H,64,71,73);5-8,11-16,21-22,25,28,30H,9-10,17-20,23-24,26H2,1-4H3,(H,44,46,49). The van der Waals surface area contributed by atoms with Gasteiger partial charge in [-0.15, -0.1) is 0 Å². The number of thiazole rings is 2. The van der Waals surface area contributed by atoms with Crippen molar-refractivity contribution in [2.75, 3.05) is 71.1 Å². The maximum atomic E-state index is 14.1. The molecule has 4 fully saturated rings. The van der Waals surface area contributed by atoms with Crippen LogP contribution in [0.3, 0.4) is 0 Å². The number of carbonyl (C=O) groups is 7. The quantitative estimate of drug-likeness (QED) is 0.0305. The number of benzene rings is 7. The number of ether oxygens (including phenoxy) is 4. The van der Waals surface area contributed by atoms with Crippen LogP contribution in [0, 0.1) is 32.6 Å². The molecule has 130 heavy (non-hydrogen) atoms. The van der Waals surface area contributed by atoms with Crippen LogP contribution in [-0.2, 0) is 56.8 Å². The smallest absolute Gasteiger partial charge is 0.358 e. The summed E-state index contributed by atoms with van der Waals surface area (Å²) in [7, 11) is 1.93. The minimum atomic E-state index is -0.732. The van der Waals surface area contributed by atoms with Crippen molar-refractivity contribution in [3.8, 4) is 33.8 Å². The summed E-state index contributed by atoms with van der Waals surface area (Å²) in [6.07, 6.45) is 15.8. The zero-order valence-electron chi connectivity index (χ0n) is 75.9. The van der Waals surface area contributed by atoms with E-state index in [4.69, 9.17) is 34.0 Å². The largest absolute Gasteiger partial charge is 0.490 e. The molecule has 3 N–H and O–H groups in total. The lowest BCUT2D eigenvalue weighted by atomic mass is 9.84. The highest BCUT2D eigenvalue weighted by Gasteiger charge is 2.36. The Morgan fingerprint density at radius 3 is 1.50 bits per heavy atom. The molecule has 7 aromatic carbocycles.